The van der Waals surface area contributed by atoms with Gasteiger partial charge in [0.05, 0.1) is 19.8 Å². The molecule has 0 radical (unpaired) electrons. The van der Waals surface area contributed by atoms with E-state index < -0.39 is 12.0 Å². The molecule has 0 saturated carbocycles. The van der Waals surface area contributed by atoms with Gasteiger partial charge in [-0.3, -0.25) is 4.79 Å². The van der Waals surface area contributed by atoms with E-state index in [1.165, 1.54) is 0 Å². The van der Waals surface area contributed by atoms with Gasteiger partial charge >= 0.3 is 5.97 Å². The molecule has 1 heterocycles. The minimum absolute atomic E-state index is 0.278. The minimum Gasteiger partial charge on any atom is -0.493 e. The number of hydrogen-bond acceptors (Lipinski definition) is 5. The predicted octanol–water partition coefficient (Wildman–Crippen LogP) is 4.14. The number of thiocarbonyl (C=S) groups is 1. The van der Waals surface area contributed by atoms with Gasteiger partial charge in [-0.25, -0.2) is 0 Å². The van der Waals surface area contributed by atoms with Gasteiger partial charge in [0, 0.05) is 10.7 Å². The van der Waals surface area contributed by atoms with Crippen molar-refractivity contribution in [2.24, 2.45) is 5.92 Å². The molecule has 0 spiro atoms. The third kappa shape index (κ3) is 5.04. The van der Waals surface area contributed by atoms with Crippen LogP contribution in [0, 0.1) is 5.92 Å². The first-order chi connectivity index (χ1) is 14.4. The van der Waals surface area contributed by atoms with E-state index in [0.717, 1.165) is 11.1 Å². The fourth-order valence-corrected chi connectivity index (χ4v) is 3.59. The van der Waals surface area contributed by atoms with Crippen molar-refractivity contribution in [1.82, 2.24) is 10.6 Å². The van der Waals surface area contributed by atoms with E-state index in [1.807, 2.05) is 42.5 Å². The molecule has 1 aliphatic rings. The Morgan fingerprint density at radius 1 is 1.20 bits per heavy atom. The van der Waals surface area contributed by atoms with Gasteiger partial charge in [-0.1, -0.05) is 36.4 Å². The molecule has 0 amide bonds. The van der Waals surface area contributed by atoms with Crippen molar-refractivity contribution >= 4 is 34.9 Å². The third-order valence-electron chi connectivity index (χ3n) is 4.66. The highest BCUT2D eigenvalue weighted by molar-refractivity contribution is 7.80. The maximum absolute atomic E-state index is 12.5. The molecule has 8 heteroatoms. The standard InChI is InChI=1S/C22H23ClN2O4S/c1-4-28-21(26)19-13(2)24-22(30)25-20(19)15-7-10-17(18(11-15)27-3)29-12-14-5-8-16(23)9-6-14/h5-11,19-20H,2,4,12H2,1,3H3,(H2,24,25,30). The van der Waals surface area contributed by atoms with E-state index in [-0.39, 0.29) is 12.6 Å². The van der Waals surface area contributed by atoms with E-state index in [2.05, 4.69) is 17.2 Å². The summed E-state index contributed by atoms with van der Waals surface area (Å²) in [7, 11) is 1.57. The second kappa shape index (κ2) is 9.82. The first kappa shape index (κ1) is 21.9. The highest BCUT2D eigenvalue weighted by Crippen LogP contribution is 2.36. The third-order valence-corrected chi connectivity index (χ3v) is 5.14. The number of carbonyl (C=O) groups excluding carboxylic acids is 1. The Hall–Kier alpha value is -2.77. The van der Waals surface area contributed by atoms with Crippen LogP contribution in [-0.4, -0.2) is 24.8 Å². The number of ether oxygens (including phenoxy) is 3. The summed E-state index contributed by atoms with van der Waals surface area (Å²) >= 11 is 11.2. The molecule has 1 aliphatic heterocycles. The van der Waals surface area contributed by atoms with Gasteiger partial charge in [-0.05, 0) is 54.5 Å². The van der Waals surface area contributed by atoms with E-state index >= 15 is 0 Å². The molecular weight excluding hydrogens is 424 g/mol. The van der Waals surface area contributed by atoms with Crippen LogP contribution < -0.4 is 20.1 Å². The summed E-state index contributed by atoms with van der Waals surface area (Å²) in [4.78, 5) is 12.5. The molecule has 3 rings (SSSR count). The monoisotopic (exact) mass is 446 g/mol. The van der Waals surface area contributed by atoms with E-state index in [0.29, 0.717) is 33.9 Å². The quantitative estimate of drug-likeness (QED) is 0.489. The summed E-state index contributed by atoms with van der Waals surface area (Å²) in [5.41, 5.74) is 2.27. The van der Waals surface area contributed by atoms with Crippen molar-refractivity contribution in [2.75, 3.05) is 13.7 Å². The molecule has 158 valence electrons. The van der Waals surface area contributed by atoms with Gasteiger partial charge in [0.2, 0.25) is 0 Å². The highest BCUT2D eigenvalue weighted by atomic mass is 35.5. The Bertz CT molecular complexity index is 949. The van der Waals surface area contributed by atoms with Crippen LogP contribution in [0.4, 0.5) is 0 Å². The van der Waals surface area contributed by atoms with Crippen molar-refractivity contribution in [3.05, 3.63) is 70.9 Å². The summed E-state index contributed by atoms with van der Waals surface area (Å²) in [6.07, 6.45) is 0. The molecule has 6 nitrogen and oxygen atoms in total. The van der Waals surface area contributed by atoms with E-state index in [9.17, 15) is 4.79 Å². The Morgan fingerprint density at radius 2 is 1.93 bits per heavy atom. The molecule has 30 heavy (non-hydrogen) atoms. The number of benzene rings is 2. The topological polar surface area (TPSA) is 68.8 Å². The van der Waals surface area contributed by atoms with Gasteiger partial charge in [-0.2, -0.15) is 0 Å². The van der Waals surface area contributed by atoms with Crippen LogP contribution >= 0.6 is 23.8 Å². The van der Waals surface area contributed by atoms with Crippen LogP contribution in [0.15, 0.2) is 54.7 Å². The predicted molar refractivity (Wildman–Crippen MR) is 120 cm³/mol. The molecule has 2 unspecified atom stereocenters. The Balaban J connectivity index is 1.84. The zero-order valence-electron chi connectivity index (χ0n) is 16.7. The number of esters is 1. The van der Waals surface area contributed by atoms with Crippen LogP contribution in [0.3, 0.4) is 0 Å². The van der Waals surface area contributed by atoms with Gasteiger partial charge in [0.15, 0.2) is 16.6 Å². The number of hydrogen-bond donors (Lipinski definition) is 2. The number of rotatable bonds is 7. The first-order valence-corrected chi connectivity index (χ1v) is 10.2. The molecular formula is C22H23ClN2O4S. The number of halogens is 1. The zero-order chi connectivity index (χ0) is 21.7. The largest absolute Gasteiger partial charge is 0.493 e. The molecule has 0 aliphatic carbocycles. The van der Waals surface area contributed by atoms with Crippen LogP contribution in [0.1, 0.15) is 24.1 Å². The lowest BCUT2D eigenvalue weighted by Gasteiger charge is -2.35. The summed E-state index contributed by atoms with van der Waals surface area (Å²) in [5, 5.41) is 7.11. The molecule has 2 N–H and O–H groups in total. The zero-order valence-corrected chi connectivity index (χ0v) is 18.3. The van der Waals surface area contributed by atoms with Crippen LogP contribution in [0.25, 0.3) is 0 Å². The second-order valence-corrected chi connectivity index (χ2v) is 7.50. The lowest BCUT2D eigenvalue weighted by atomic mass is 9.89. The normalized spacial score (nSPS) is 18.2. The van der Waals surface area contributed by atoms with E-state index in [1.54, 1.807) is 14.0 Å². The molecule has 1 fully saturated rings. The molecule has 1 saturated heterocycles. The summed E-state index contributed by atoms with van der Waals surface area (Å²) < 4.78 is 16.7. The van der Waals surface area contributed by atoms with Gasteiger partial charge in [0.1, 0.15) is 12.5 Å². The second-order valence-electron chi connectivity index (χ2n) is 6.66. The lowest BCUT2D eigenvalue weighted by Crippen LogP contribution is -2.51. The number of nitrogens with one attached hydrogen (secondary N) is 2. The molecule has 2 atom stereocenters. The van der Waals surface area contributed by atoms with Gasteiger partial charge in [0.25, 0.3) is 0 Å². The number of carbonyl (C=O) groups is 1. The Labute approximate surface area is 186 Å². The molecule has 2 aromatic rings. The molecule has 0 aromatic heterocycles. The van der Waals surface area contributed by atoms with Crippen molar-refractivity contribution in [1.29, 1.82) is 0 Å². The van der Waals surface area contributed by atoms with Crippen LogP contribution in [-0.2, 0) is 16.1 Å². The fourth-order valence-electron chi connectivity index (χ4n) is 3.21. The average molecular weight is 447 g/mol. The van der Waals surface area contributed by atoms with E-state index in [4.69, 9.17) is 38.0 Å². The van der Waals surface area contributed by atoms with Crippen molar-refractivity contribution < 1.29 is 19.0 Å². The van der Waals surface area contributed by atoms with Gasteiger partial charge in [-0.15, -0.1) is 0 Å². The fraction of sp³-hybridized carbons (Fsp3) is 0.273. The average Bonchev–Trinajstić information content (AvgIpc) is 2.72. The van der Waals surface area contributed by atoms with Crippen molar-refractivity contribution in [3.63, 3.8) is 0 Å². The van der Waals surface area contributed by atoms with Crippen LogP contribution in [0.2, 0.25) is 5.02 Å². The SMILES string of the molecule is C=C1NC(=S)NC(c2ccc(OCc3ccc(Cl)cc3)c(OC)c2)C1C(=O)OCC. The summed E-state index contributed by atoms with van der Waals surface area (Å²) in [6.45, 7) is 6.36. The van der Waals surface area contributed by atoms with Crippen molar-refractivity contribution in [3.8, 4) is 11.5 Å². The maximum Gasteiger partial charge on any atom is 0.317 e. The Morgan fingerprint density at radius 3 is 2.60 bits per heavy atom. The molecule has 0 bridgehead atoms. The first-order valence-electron chi connectivity index (χ1n) is 9.41. The molecule has 2 aromatic carbocycles. The maximum atomic E-state index is 12.5. The van der Waals surface area contributed by atoms with Gasteiger partial charge < -0.3 is 24.8 Å². The summed E-state index contributed by atoms with van der Waals surface area (Å²) in [5.74, 6) is 0.111. The summed E-state index contributed by atoms with van der Waals surface area (Å²) in [6, 6.07) is 12.5. The smallest absolute Gasteiger partial charge is 0.317 e. The number of methoxy groups -OCH3 is 1. The van der Waals surface area contributed by atoms with Crippen molar-refractivity contribution in [2.45, 2.75) is 19.6 Å². The lowest BCUT2D eigenvalue weighted by molar-refractivity contribution is -0.147. The minimum atomic E-state index is -0.637. The van der Waals surface area contributed by atoms with Crippen LogP contribution in [0.5, 0.6) is 11.5 Å². The Kier molecular flexibility index (Phi) is 7.18. The highest BCUT2D eigenvalue weighted by Gasteiger charge is 2.38.